The number of fused-ring (bicyclic) bond motifs is 3. The van der Waals surface area contributed by atoms with Gasteiger partial charge in [-0.05, 0) is 29.8 Å². The van der Waals surface area contributed by atoms with Crippen LogP contribution in [0.3, 0.4) is 0 Å². The van der Waals surface area contributed by atoms with Crippen LogP contribution in [0.4, 0.5) is 5.95 Å². The Bertz CT molecular complexity index is 850. The molecule has 1 aliphatic rings. The number of nitrogens with two attached hydrogens (primary N) is 1. The van der Waals surface area contributed by atoms with Gasteiger partial charge in [0.15, 0.2) is 12.1 Å². The standard InChI is InChI=1S/C15H13N5O/c16-14-18-13(9-5-7-10(21)8-6-9)20-12-4-2-1-3-11(12)17-15(20)19-14/h1-8,13,21H,(H3,16,17,18,19)/t13-/m1/s1. The lowest BCUT2D eigenvalue weighted by Gasteiger charge is -2.23. The van der Waals surface area contributed by atoms with Crippen molar-refractivity contribution in [1.29, 1.82) is 0 Å². The minimum atomic E-state index is -0.297. The number of aliphatic imine (C=N–C) groups is 1. The van der Waals surface area contributed by atoms with Crippen molar-refractivity contribution in [2.75, 3.05) is 5.32 Å². The van der Waals surface area contributed by atoms with Gasteiger partial charge in [-0.1, -0.05) is 24.3 Å². The predicted octanol–water partition coefficient (Wildman–Crippen LogP) is 2.03. The van der Waals surface area contributed by atoms with Gasteiger partial charge in [-0.3, -0.25) is 9.88 Å². The zero-order chi connectivity index (χ0) is 14.4. The quantitative estimate of drug-likeness (QED) is 0.636. The number of hydrogen-bond acceptors (Lipinski definition) is 5. The van der Waals surface area contributed by atoms with E-state index in [1.165, 1.54) is 0 Å². The average molecular weight is 279 g/mol. The van der Waals surface area contributed by atoms with Crippen LogP contribution in [0.25, 0.3) is 11.0 Å². The fourth-order valence-corrected chi connectivity index (χ4v) is 2.59. The Kier molecular flexibility index (Phi) is 2.38. The van der Waals surface area contributed by atoms with Gasteiger partial charge in [-0.2, -0.15) is 0 Å². The molecule has 0 saturated carbocycles. The number of nitrogens with zero attached hydrogens (tertiary/aromatic N) is 3. The predicted molar refractivity (Wildman–Crippen MR) is 81.2 cm³/mol. The second-order valence-electron chi connectivity index (χ2n) is 4.90. The smallest absolute Gasteiger partial charge is 0.212 e. The number of anilines is 1. The van der Waals surface area contributed by atoms with Crippen molar-refractivity contribution in [1.82, 2.24) is 9.55 Å². The first-order valence-electron chi connectivity index (χ1n) is 6.58. The molecule has 104 valence electrons. The number of aromatic hydroxyl groups is 1. The third-order valence-electron chi connectivity index (χ3n) is 3.53. The van der Waals surface area contributed by atoms with E-state index in [0.717, 1.165) is 16.6 Å². The highest BCUT2D eigenvalue weighted by Crippen LogP contribution is 2.32. The second-order valence-corrected chi connectivity index (χ2v) is 4.90. The van der Waals surface area contributed by atoms with E-state index < -0.39 is 0 Å². The van der Waals surface area contributed by atoms with Gasteiger partial charge in [0.25, 0.3) is 0 Å². The summed E-state index contributed by atoms with van der Waals surface area (Å²) >= 11 is 0. The summed E-state index contributed by atoms with van der Waals surface area (Å²) in [5.74, 6) is 1.22. The molecule has 0 saturated heterocycles. The summed E-state index contributed by atoms with van der Waals surface area (Å²) < 4.78 is 2.00. The van der Waals surface area contributed by atoms with Crippen LogP contribution in [0.2, 0.25) is 0 Å². The van der Waals surface area contributed by atoms with Crippen molar-refractivity contribution in [3.05, 3.63) is 54.1 Å². The zero-order valence-corrected chi connectivity index (χ0v) is 11.1. The van der Waals surface area contributed by atoms with Crippen molar-refractivity contribution in [2.24, 2.45) is 10.7 Å². The summed E-state index contributed by atoms with van der Waals surface area (Å²) in [5.41, 5.74) is 8.66. The van der Waals surface area contributed by atoms with Crippen molar-refractivity contribution in [3.63, 3.8) is 0 Å². The normalized spacial score (nSPS) is 17.1. The molecule has 0 bridgehead atoms. The summed E-state index contributed by atoms with van der Waals surface area (Å²) in [6, 6.07) is 14.8. The number of phenolic OH excluding ortho intramolecular Hbond substituents is 1. The maximum absolute atomic E-state index is 9.44. The van der Waals surface area contributed by atoms with Crippen LogP contribution < -0.4 is 11.1 Å². The van der Waals surface area contributed by atoms with Crippen LogP contribution in [0, 0.1) is 0 Å². The van der Waals surface area contributed by atoms with Gasteiger partial charge in [0.1, 0.15) is 5.75 Å². The number of imidazole rings is 1. The lowest BCUT2D eigenvalue weighted by atomic mass is 10.1. The molecule has 21 heavy (non-hydrogen) atoms. The van der Waals surface area contributed by atoms with Gasteiger partial charge in [-0.25, -0.2) is 9.98 Å². The number of hydrogen-bond donors (Lipinski definition) is 3. The Morgan fingerprint density at radius 1 is 1.10 bits per heavy atom. The molecule has 0 radical (unpaired) electrons. The molecule has 1 aromatic heterocycles. The molecule has 3 aromatic rings. The number of nitrogens with one attached hydrogen (secondary N) is 1. The molecule has 4 rings (SSSR count). The molecular weight excluding hydrogens is 266 g/mol. The number of guanidine groups is 1. The van der Waals surface area contributed by atoms with Crippen LogP contribution in [-0.4, -0.2) is 20.6 Å². The molecular formula is C15H13N5O. The Balaban J connectivity index is 1.95. The first-order chi connectivity index (χ1) is 10.2. The molecule has 6 heteroatoms. The zero-order valence-electron chi connectivity index (χ0n) is 11.1. The van der Waals surface area contributed by atoms with Crippen LogP contribution in [-0.2, 0) is 0 Å². The fourth-order valence-electron chi connectivity index (χ4n) is 2.59. The molecule has 1 atom stereocenters. The Morgan fingerprint density at radius 3 is 2.67 bits per heavy atom. The monoisotopic (exact) mass is 279 g/mol. The van der Waals surface area contributed by atoms with Crippen molar-refractivity contribution in [3.8, 4) is 5.75 Å². The van der Waals surface area contributed by atoms with E-state index in [1.54, 1.807) is 12.1 Å². The molecule has 0 fully saturated rings. The highest BCUT2D eigenvalue weighted by Gasteiger charge is 2.24. The van der Waals surface area contributed by atoms with E-state index in [-0.39, 0.29) is 11.9 Å². The van der Waals surface area contributed by atoms with Gasteiger partial charge in [0, 0.05) is 0 Å². The summed E-state index contributed by atoms with van der Waals surface area (Å²) in [6.07, 6.45) is -0.297. The lowest BCUT2D eigenvalue weighted by molar-refractivity contribution is 0.474. The Labute approximate surface area is 120 Å². The molecule has 6 nitrogen and oxygen atoms in total. The van der Waals surface area contributed by atoms with Gasteiger partial charge in [-0.15, -0.1) is 0 Å². The number of para-hydroxylation sites is 2. The van der Waals surface area contributed by atoms with Crippen molar-refractivity contribution < 1.29 is 5.11 Å². The number of aromatic nitrogens is 2. The van der Waals surface area contributed by atoms with Crippen molar-refractivity contribution >= 4 is 22.9 Å². The highest BCUT2D eigenvalue weighted by molar-refractivity contribution is 5.94. The van der Waals surface area contributed by atoms with E-state index in [4.69, 9.17) is 5.73 Å². The SMILES string of the molecule is NC1=N[C@@H](c2ccc(O)cc2)n2c(nc3ccccc32)N1. The molecule has 0 unspecified atom stereocenters. The Morgan fingerprint density at radius 2 is 1.86 bits per heavy atom. The molecule has 4 N–H and O–H groups in total. The molecule has 0 spiro atoms. The first kappa shape index (κ1) is 11.8. The lowest BCUT2D eigenvalue weighted by Crippen LogP contribution is -2.31. The van der Waals surface area contributed by atoms with Gasteiger partial charge >= 0.3 is 0 Å². The highest BCUT2D eigenvalue weighted by atomic mass is 16.3. The van der Waals surface area contributed by atoms with Gasteiger partial charge < -0.3 is 10.8 Å². The molecule has 2 heterocycles. The number of rotatable bonds is 1. The van der Waals surface area contributed by atoms with E-state index in [9.17, 15) is 5.11 Å². The maximum atomic E-state index is 9.44. The van der Waals surface area contributed by atoms with Crippen molar-refractivity contribution in [2.45, 2.75) is 6.17 Å². The van der Waals surface area contributed by atoms with Crippen LogP contribution in [0.1, 0.15) is 11.7 Å². The summed E-state index contributed by atoms with van der Waals surface area (Å²) in [5, 5.41) is 12.4. The topological polar surface area (TPSA) is 88.5 Å². The second kappa shape index (κ2) is 4.24. The van der Waals surface area contributed by atoms with E-state index in [0.29, 0.717) is 11.9 Å². The largest absolute Gasteiger partial charge is 0.508 e. The molecule has 2 aromatic carbocycles. The summed E-state index contributed by atoms with van der Waals surface area (Å²) in [6.45, 7) is 0. The van der Waals surface area contributed by atoms with E-state index in [1.807, 2.05) is 41.0 Å². The molecule has 0 amide bonds. The van der Waals surface area contributed by atoms with Crippen LogP contribution >= 0.6 is 0 Å². The van der Waals surface area contributed by atoms with Gasteiger partial charge in [0.05, 0.1) is 11.0 Å². The minimum Gasteiger partial charge on any atom is -0.508 e. The number of phenols is 1. The first-order valence-corrected chi connectivity index (χ1v) is 6.58. The summed E-state index contributed by atoms with van der Waals surface area (Å²) in [4.78, 5) is 9.01. The van der Waals surface area contributed by atoms with E-state index in [2.05, 4.69) is 15.3 Å². The van der Waals surface area contributed by atoms with Gasteiger partial charge in [0.2, 0.25) is 5.95 Å². The third-order valence-corrected chi connectivity index (χ3v) is 3.53. The summed E-state index contributed by atoms with van der Waals surface area (Å²) in [7, 11) is 0. The minimum absolute atomic E-state index is 0.223. The van der Waals surface area contributed by atoms with E-state index >= 15 is 0 Å². The third kappa shape index (κ3) is 1.80. The molecule has 0 aliphatic carbocycles. The maximum Gasteiger partial charge on any atom is 0.212 e. The number of benzene rings is 2. The fraction of sp³-hybridized carbons (Fsp3) is 0.0667. The van der Waals surface area contributed by atoms with Crippen LogP contribution in [0.5, 0.6) is 5.75 Å². The Hall–Kier alpha value is -3.02. The average Bonchev–Trinajstić information content (AvgIpc) is 2.85. The molecule has 1 aliphatic heterocycles. The van der Waals surface area contributed by atoms with Crippen LogP contribution in [0.15, 0.2) is 53.5 Å².